The Kier molecular flexibility index (Phi) is 18.5. The number of nitrogens with one attached hydrogen (secondary N) is 1. The number of Topliss-reactive ketones (excluding diaryl/α,β-unsaturated/α-hetero) is 1. The summed E-state index contributed by atoms with van der Waals surface area (Å²) >= 11 is 0. The van der Waals surface area contributed by atoms with Gasteiger partial charge >= 0.3 is 30.0 Å². The maximum atomic E-state index is 15.3. The molecule has 0 aromatic heterocycles. The van der Waals surface area contributed by atoms with Gasteiger partial charge in [-0.05, 0) is 74.8 Å². The van der Waals surface area contributed by atoms with Crippen molar-refractivity contribution in [1.29, 1.82) is 0 Å². The summed E-state index contributed by atoms with van der Waals surface area (Å²) in [6.45, 7) is 18.1. The number of aliphatic hydroxyl groups excluding tert-OH is 1. The summed E-state index contributed by atoms with van der Waals surface area (Å²) in [5.41, 5.74) is -4.94. The number of ketones is 1. The number of ether oxygens (including phenoxy) is 6. The Labute approximate surface area is 389 Å². The lowest BCUT2D eigenvalue weighted by molar-refractivity contribution is -0.271. The van der Waals surface area contributed by atoms with Crippen LogP contribution < -0.4 is 5.32 Å². The molecule has 15 heteroatoms. The zero-order valence-corrected chi connectivity index (χ0v) is 40.4. The van der Waals surface area contributed by atoms with E-state index in [1.807, 2.05) is 20.8 Å². The summed E-state index contributed by atoms with van der Waals surface area (Å²) in [5.74, 6) is -3.54. The van der Waals surface area contributed by atoms with E-state index in [4.69, 9.17) is 33.5 Å². The molecule has 15 nitrogen and oxygen atoms in total. The number of rotatable bonds is 13. The highest BCUT2D eigenvalue weighted by Crippen LogP contribution is 2.71. The van der Waals surface area contributed by atoms with Crippen molar-refractivity contribution in [2.24, 2.45) is 22.7 Å². The van der Waals surface area contributed by atoms with Gasteiger partial charge in [0, 0.05) is 44.6 Å². The van der Waals surface area contributed by atoms with Crippen molar-refractivity contribution in [2.75, 3.05) is 20.3 Å². The molecule has 0 bridgehead atoms. The summed E-state index contributed by atoms with van der Waals surface area (Å²) in [5, 5.41) is 22.5. The maximum absolute atomic E-state index is 15.3. The smallest absolute Gasteiger partial charge is 0.408 e. The number of carbonyl (C=O) groups is 6. The van der Waals surface area contributed by atoms with Crippen molar-refractivity contribution in [3.05, 3.63) is 82.9 Å². The second-order valence-corrected chi connectivity index (χ2v) is 18.4. The fraction of sp³-hybridized carbons (Fsp3) is 0.569. The second kappa shape index (κ2) is 22.3. The topological polar surface area (TPSA) is 210 Å². The molecule has 0 spiro atoms. The normalized spacial score (nSPS) is 27.3. The fourth-order valence-corrected chi connectivity index (χ4v) is 9.70. The Balaban J connectivity index is 0.00000185. The maximum Gasteiger partial charge on any atom is 0.408 e. The molecule has 1 aliphatic heterocycles. The van der Waals surface area contributed by atoms with Crippen LogP contribution in [0.3, 0.4) is 0 Å². The van der Waals surface area contributed by atoms with Crippen molar-refractivity contribution in [1.82, 2.24) is 5.32 Å². The van der Waals surface area contributed by atoms with E-state index in [2.05, 4.69) is 18.2 Å². The molecule has 2 saturated carbocycles. The minimum atomic E-state index is -1.99. The number of amides is 1. The highest BCUT2D eigenvalue weighted by atomic mass is 16.6. The number of fused-ring (bicyclic) bond motifs is 2. The largest absolute Gasteiger partial charge is 0.459 e. The number of terminal acetylenes is 1. The first-order valence-electron chi connectivity index (χ1n) is 22.2. The molecule has 3 aliphatic carbocycles. The van der Waals surface area contributed by atoms with Crippen LogP contribution in [0.5, 0.6) is 0 Å². The number of aliphatic hydroxyl groups is 2. The highest BCUT2D eigenvalue weighted by Gasteiger charge is 2.77. The number of alkyl carbamates (subject to hydrolysis) is 1. The van der Waals surface area contributed by atoms with Crippen LogP contribution in [-0.4, -0.2) is 101 Å². The van der Waals surface area contributed by atoms with Gasteiger partial charge in [0.2, 0.25) is 0 Å². The lowest BCUT2D eigenvalue weighted by Gasteiger charge is -2.53. The van der Waals surface area contributed by atoms with Crippen LogP contribution in [0, 0.1) is 35.5 Å². The van der Waals surface area contributed by atoms with Crippen LogP contribution in [0.1, 0.15) is 124 Å². The van der Waals surface area contributed by atoms with Crippen LogP contribution in [0.2, 0.25) is 0 Å². The first-order valence-corrected chi connectivity index (χ1v) is 22.2. The average Bonchev–Trinajstić information content (AvgIpc) is 3.85. The van der Waals surface area contributed by atoms with Crippen LogP contribution in [0.15, 0.2) is 71.8 Å². The molecule has 2 aromatic carbocycles. The summed E-state index contributed by atoms with van der Waals surface area (Å²) in [7, 11) is 1.00. The predicted molar refractivity (Wildman–Crippen MR) is 244 cm³/mol. The van der Waals surface area contributed by atoms with E-state index in [0.717, 1.165) is 7.11 Å². The average molecular weight is 920 g/mol. The van der Waals surface area contributed by atoms with Gasteiger partial charge in [0.05, 0.1) is 24.6 Å². The van der Waals surface area contributed by atoms with E-state index in [9.17, 15) is 29.1 Å². The second-order valence-electron chi connectivity index (χ2n) is 18.4. The summed E-state index contributed by atoms with van der Waals surface area (Å²) in [6.07, 6.45) is 4.09. The molecule has 3 unspecified atom stereocenters. The van der Waals surface area contributed by atoms with E-state index in [-0.39, 0.29) is 54.9 Å². The third-order valence-electron chi connectivity index (χ3n) is 13.0. The number of esters is 4. The Morgan fingerprint density at radius 1 is 0.924 bits per heavy atom. The van der Waals surface area contributed by atoms with Crippen molar-refractivity contribution in [3.63, 3.8) is 0 Å². The summed E-state index contributed by atoms with van der Waals surface area (Å²) < 4.78 is 35.1. The molecular formula is C51H69NO14. The first kappa shape index (κ1) is 54.8. The molecule has 3 fully saturated rings. The Morgan fingerprint density at radius 2 is 1.50 bits per heavy atom. The van der Waals surface area contributed by atoms with Gasteiger partial charge in [-0.2, -0.15) is 0 Å². The van der Waals surface area contributed by atoms with Crippen molar-refractivity contribution in [2.45, 2.75) is 143 Å². The van der Waals surface area contributed by atoms with E-state index in [1.165, 1.54) is 13.8 Å². The van der Waals surface area contributed by atoms with E-state index in [1.54, 1.807) is 102 Å². The summed E-state index contributed by atoms with van der Waals surface area (Å²) in [4.78, 5) is 80.9. The fourth-order valence-electron chi connectivity index (χ4n) is 9.70. The molecule has 1 amide bonds. The SMILES string of the molecule is C#C.CC.CC(=O)O[C@@H](C(=O)C12C[C@]3(OC(C)=O)CO[C@@H]3CC1[C@@H]2C)C1=C(C)[C@@H](OC(=O)C[C@@H](NC(=O)OC(C)(C)C)c2ccccc2)CC(O)(COC(=O)c2ccccc2)C1(C)C.CO. The predicted octanol–water partition coefficient (Wildman–Crippen LogP) is 7.02. The van der Waals surface area contributed by atoms with Crippen LogP contribution in [0.25, 0.3) is 0 Å². The number of carbonyl (C=O) groups excluding carboxylic acids is 6. The third-order valence-corrected chi connectivity index (χ3v) is 13.0. The van der Waals surface area contributed by atoms with Gasteiger partial charge in [-0.25, -0.2) is 9.59 Å². The lowest BCUT2D eigenvalue weighted by Crippen LogP contribution is -2.65. The van der Waals surface area contributed by atoms with Gasteiger partial charge in [-0.3, -0.25) is 19.2 Å². The highest BCUT2D eigenvalue weighted by molar-refractivity contribution is 5.97. The minimum absolute atomic E-state index is 0.120. The van der Waals surface area contributed by atoms with Gasteiger partial charge in [-0.1, -0.05) is 83.1 Å². The van der Waals surface area contributed by atoms with Gasteiger partial charge in [0.25, 0.3) is 0 Å². The molecule has 1 heterocycles. The number of hydrogen-bond acceptors (Lipinski definition) is 14. The monoisotopic (exact) mass is 919 g/mol. The lowest BCUT2D eigenvalue weighted by atomic mass is 9.59. The van der Waals surface area contributed by atoms with Crippen LogP contribution in [-0.2, 0) is 47.6 Å². The summed E-state index contributed by atoms with van der Waals surface area (Å²) in [6, 6.07) is 16.2. The molecule has 1 saturated heterocycles. The van der Waals surface area contributed by atoms with Gasteiger partial charge < -0.3 is 44.0 Å². The number of benzene rings is 2. The van der Waals surface area contributed by atoms with E-state index >= 15 is 4.79 Å². The standard InChI is InChI=1S/C46H57NO13.C2H6.C2H2.CH4O/c1-26-34(58-36(50)21-33(30-16-12-10-13-17-30)47-41(53)60-42(5,6)7)22-45(54,25-56-40(52)31-18-14-11-15-19-31)43(8,9)37(26)38(57-28(3)48)39(51)46-23-44(59-29(4)49)24-55-35(44)20-32(46)27(46)2;3*1-2/h10-19,27,32-35,38,54H,20-25H2,1-9H3,(H,47,53);1-2H3;1-2H;2H,1H3/t27-,32?,33+,34-,35+,38+,44-,45?,46?;;;/m0.../s1. The molecule has 2 aromatic rings. The minimum Gasteiger partial charge on any atom is -0.459 e. The van der Waals surface area contributed by atoms with Crippen molar-refractivity contribution in [3.8, 4) is 12.8 Å². The van der Waals surface area contributed by atoms with Gasteiger partial charge in [0.15, 0.2) is 17.5 Å². The molecule has 4 aliphatic rings. The Morgan fingerprint density at radius 3 is 2.02 bits per heavy atom. The van der Waals surface area contributed by atoms with Crippen LogP contribution in [0.4, 0.5) is 4.79 Å². The van der Waals surface area contributed by atoms with Crippen molar-refractivity contribution < 1.29 is 67.4 Å². The quantitative estimate of drug-likeness (QED) is 0.0799. The zero-order chi connectivity index (χ0) is 50.0. The van der Waals surface area contributed by atoms with Gasteiger partial charge in [0.1, 0.15) is 30.0 Å². The Hall–Kier alpha value is -5.56. The van der Waals surface area contributed by atoms with E-state index < -0.39 is 88.2 Å². The molecule has 9 atom stereocenters. The Bertz CT molecular complexity index is 2090. The third kappa shape index (κ3) is 11.7. The molecule has 6 rings (SSSR count). The van der Waals surface area contributed by atoms with Crippen molar-refractivity contribution >= 4 is 35.8 Å². The molecule has 3 N–H and O–H groups in total. The molecule has 0 radical (unpaired) electrons. The zero-order valence-electron chi connectivity index (χ0n) is 40.4. The van der Waals surface area contributed by atoms with E-state index in [0.29, 0.717) is 17.6 Å². The van der Waals surface area contributed by atoms with Crippen LogP contribution >= 0.6 is 0 Å². The van der Waals surface area contributed by atoms with Gasteiger partial charge in [-0.15, -0.1) is 12.8 Å². The molecule has 66 heavy (non-hydrogen) atoms. The first-order chi connectivity index (χ1) is 31.0. The molecule has 362 valence electrons. The molecular weight excluding hydrogens is 851 g/mol. The number of hydrogen-bond donors (Lipinski definition) is 3.